The summed E-state index contributed by atoms with van der Waals surface area (Å²) in [5.74, 6) is 0. The molecule has 6 heteroatoms. The van der Waals surface area contributed by atoms with E-state index in [2.05, 4.69) is 11.3 Å². The maximum Gasteiger partial charge on any atom is 0.219 e. The predicted molar refractivity (Wildman–Crippen MR) is 91.3 cm³/mol. The van der Waals surface area contributed by atoms with Gasteiger partial charge in [0.1, 0.15) is 5.25 Å². The van der Waals surface area contributed by atoms with E-state index < -0.39 is 15.3 Å². The quantitative estimate of drug-likeness (QED) is 0.853. The third-order valence-corrected chi connectivity index (χ3v) is 5.89. The summed E-state index contributed by atoms with van der Waals surface area (Å²) in [6.07, 6.45) is 1.53. The molecule has 0 radical (unpaired) electrons. The Hall–Kier alpha value is -1.73. The summed E-state index contributed by atoms with van der Waals surface area (Å²) in [6, 6.07) is 13.7. The minimum absolute atomic E-state index is 0.139. The monoisotopic (exact) mass is 332 g/mol. The number of nitrogens with zero attached hydrogens (tertiary/aromatic N) is 1. The van der Waals surface area contributed by atoms with E-state index >= 15 is 0 Å². The van der Waals surface area contributed by atoms with Gasteiger partial charge in [-0.05, 0) is 22.4 Å². The zero-order chi connectivity index (χ0) is 16.4. The summed E-state index contributed by atoms with van der Waals surface area (Å²) in [6.45, 7) is 3.90. The van der Waals surface area contributed by atoms with Gasteiger partial charge in [0, 0.05) is 13.6 Å². The van der Waals surface area contributed by atoms with Gasteiger partial charge in [-0.1, -0.05) is 42.5 Å². The van der Waals surface area contributed by atoms with Gasteiger partial charge in [0.25, 0.3) is 0 Å². The van der Waals surface area contributed by atoms with Crippen LogP contribution < -0.4 is 4.72 Å². The third-order valence-electron chi connectivity index (χ3n) is 4.13. The highest BCUT2D eigenvalue weighted by molar-refractivity contribution is 7.90. The Morgan fingerprint density at radius 1 is 1.30 bits per heavy atom. The normalized spacial score (nSPS) is 22.5. The summed E-state index contributed by atoms with van der Waals surface area (Å²) < 4.78 is 27.6. The van der Waals surface area contributed by atoms with Crippen molar-refractivity contribution in [2.45, 2.75) is 11.3 Å². The fourth-order valence-corrected chi connectivity index (χ4v) is 4.43. The van der Waals surface area contributed by atoms with Gasteiger partial charge >= 0.3 is 0 Å². The SMILES string of the molecule is C=CCNS(=O)(=O)[C@@H]1CON(C)[C@H]1c1ccc2ccccc2c1. The first kappa shape index (κ1) is 16.1. The van der Waals surface area contributed by atoms with Gasteiger partial charge in [0.2, 0.25) is 10.0 Å². The summed E-state index contributed by atoms with van der Waals surface area (Å²) in [4.78, 5) is 5.50. The van der Waals surface area contributed by atoms with Crippen LogP contribution in [0.3, 0.4) is 0 Å². The highest BCUT2D eigenvalue weighted by Crippen LogP contribution is 2.34. The molecule has 1 heterocycles. The fourth-order valence-electron chi connectivity index (χ4n) is 2.95. The lowest BCUT2D eigenvalue weighted by Crippen LogP contribution is -2.39. The van der Waals surface area contributed by atoms with Crippen molar-refractivity contribution in [3.63, 3.8) is 0 Å². The van der Waals surface area contributed by atoms with Gasteiger partial charge in [-0.2, -0.15) is 5.06 Å². The van der Waals surface area contributed by atoms with E-state index in [9.17, 15) is 8.42 Å². The maximum atomic E-state index is 12.5. The average Bonchev–Trinajstić information content (AvgIpc) is 2.95. The Kier molecular flexibility index (Phi) is 4.50. The molecule has 2 atom stereocenters. The number of rotatable bonds is 5. The third kappa shape index (κ3) is 3.16. The molecular formula is C17H20N2O3S. The van der Waals surface area contributed by atoms with Crippen LogP contribution in [0.5, 0.6) is 0 Å². The van der Waals surface area contributed by atoms with Crippen LogP contribution in [-0.2, 0) is 14.9 Å². The molecule has 2 aromatic carbocycles. The number of hydrogen-bond donors (Lipinski definition) is 1. The topological polar surface area (TPSA) is 58.6 Å². The molecule has 23 heavy (non-hydrogen) atoms. The molecule has 0 spiro atoms. The largest absolute Gasteiger partial charge is 0.297 e. The molecule has 1 aliphatic rings. The van der Waals surface area contributed by atoms with E-state index in [1.807, 2.05) is 42.5 Å². The second-order valence-electron chi connectivity index (χ2n) is 5.61. The van der Waals surface area contributed by atoms with Crippen LogP contribution in [0.25, 0.3) is 10.8 Å². The van der Waals surface area contributed by atoms with E-state index in [1.54, 1.807) is 12.1 Å². The minimum atomic E-state index is -3.49. The van der Waals surface area contributed by atoms with Crippen molar-refractivity contribution in [2.75, 3.05) is 20.2 Å². The lowest BCUT2D eigenvalue weighted by molar-refractivity contribution is -0.110. The van der Waals surface area contributed by atoms with Crippen LogP contribution in [0, 0.1) is 0 Å². The minimum Gasteiger partial charge on any atom is -0.297 e. The molecule has 5 nitrogen and oxygen atoms in total. The van der Waals surface area contributed by atoms with E-state index in [0.717, 1.165) is 16.3 Å². The van der Waals surface area contributed by atoms with Crippen LogP contribution >= 0.6 is 0 Å². The zero-order valence-corrected chi connectivity index (χ0v) is 13.8. The van der Waals surface area contributed by atoms with Crippen LogP contribution in [-0.4, -0.2) is 38.9 Å². The lowest BCUT2D eigenvalue weighted by atomic mass is 10.0. The summed E-state index contributed by atoms with van der Waals surface area (Å²) in [5, 5.41) is 3.18. The van der Waals surface area contributed by atoms with Crippen molar-refractivity contribution in [3.8, 4) is 0 Å². The molecule has 0 aromatic heterocycles. The van der Waals surface area contributed by atoms with Gasteiger partial charge in [-0.25, -0.2) is 13.1 Å². The predicted octanol–water partition coefficient (Wildman–Crippen LogP) is 2.23. The molecule has 0 aliphatic carbocycles. The van der Waals surface area contributed by atoms with Gasteiger partial charge in [0.05, 0.1) is 12.6 Å². The van der Waals surface area contributed by atoms with Crippen LogP contribution in [0.15, 0.2) is 55.1 Å². The Labute approximate surface area is 136 Å². The maximum absolute atomic E-state index is 12.5. The van der Waals surface area contributed by atoms with E-state index in [1.165, 1.54) is 6.08 Å². The molecular weight excluding hydrogens is 312 g/mol. The molecule has 2 aromatic rings. The number of hydrogen-bond acceptors (Lipinski definition) is 4. The zero-order valence-electron chi connectivity index (χ0n) is 13.0. The van der Waals surface area contributed by atoms with Gasteiger partial charge in [-0.3, -0.25) is 4.84 Å². The highest BCUT2D eigenvalue weighted by atomic mass is 32.2. The van der Waals surface area contributed by atoms with E-state index in [0.29, 0.717) is 0 Å². The first-order chi connectivity index (χ1) is 11.0. The average molecular weight is 332 g/mol. The molecule has 0 saturated carbocycles. The van der Waals surface area contributed by atoms with Crippen molar-refractivity contribution in [3.05, 3.63) is 60.7 Å². The van der Waals surface area contributed by atoms with Gasteiger partial charge < -0.3 is 0 Å². The molecule has 0 unspecified atom stereocenters. The Bertz CT molecular complexity index is 819. The molecule has 1 fully saturated rings. The van der Waals surface area contributed by atoms with Crippen LogP contribution in [0.4, 0.5) is 0 Å². The van der Waals surface area contributed by atoms with Crippen molar-refractivity contribution in [1.29, 1.82) is 0 Å². The number of nitrogens with one attached hydrogen (secondary N) is 1. The van der Waals surface area contributed by atoms with Crippen molar-refractivity contribution in [1.82, 2.24) is 9.79 Å². The van der Waals surface area contributed by atoms with E-state index in [4.69, 9.17) is 4.84 Å². The molecule has 0 amide bonds. The van der Waals surface area contributed by atoms with Gasteiger partial charge in [0.15, 0.2) is 0 Å². The Morgan fingerprint density at radius 2 is 2.04 bits per heavy atom. The second kappa shape index (κ2) is 6.41. The van der Waals surface area contributed by atoms with E-state index in [-0.39, 0.29) is 19.2 Å². The summed E-state index contributed by atoms with van der Waals surface area (Å²) >= 11 is 0. The first-order valence-electron chi connectivity index (χ1n) is 7.47. The number of sulfonamides is 1. The fraction of sp³-hybridized carbons (Fsp3) is 0.294. The Morgan fingerprint density at radius 3 is 2.78 bits per heavy atom. The Balaban J connectivity index is 1.98. The number of hydroxylamine groups is 2. The lowest BCUT2D eigenvalue weighted by Gasteiger charge is -2.23. The molecule has 3 rings (SSSR count). The first-order valence-corrected chi connectivity index (χ1v) is 9.01. The number of benzene rings is 2. The molecule has 1 saturated heterocycles. The molecule has 1 aliphatic heterocycles. The van der Waals surface area contributed by atoms with Crippen molar-refractivity contribution >= 4 is 20.8 Å². The smallest absolute Gasteiger partial charge is 0.219 e. The number of fused-ring (bicyclic) bond motifs is 1. The highest BCUT2D eigenvalue weighted by Gasteiger charge is 2.42. The van der Waals surface area contributed by atoms with Crippen molar-refractivity contribution in [2.24, 2.45) is 0 Å². The van der Waals surface area contributed by atoms with Gasteiger partial charge in [-0.15, -0.1) is 6.58 Å². The van der Waals surface area contributed by atoms with Crippen LogP contribution in [0.2, 0.25) is 0 Å². The molecule has 0 bridgehead atoms. The van der Waals surface area contributed by atoms with Crippen LogP contribution in [0.1, 0.15) is 11.6 Å². The standard InChI is InChI=1S/C17H20N2O3S/c1-3-10-18-23(20,21)16-12-22-19(2)17(16)15-9-8-13-6-4-5-7-14(13)11-15/h3-9,11,16-18H,1,10,12H2,2H3/t16-,17+/m1/s1. The van der Waals surface area contributed by atoms with Crippen molar-refractivity contribution < 1.29 is 13.3 Å². The molecule has 1 N–H and O–H groups in total. The summed E-state index contributed by atoms with van der Waals surface area (Å²) in [5.41, 5.74) is 0.928. The second-order valence-corrected chi connectivity index (χ2v) is 7.60. The summed E-state index contributed by atoms with van der Waals surface area (Å²) in [7, 11) is -1.73. The molecule has 122 valence electrons.